The molecule has 0 bridgehead atoms. The topological polar surface area (TPSA) is 55.1 Å². The van der Waals surface area contributed by atoms with E-state index in [-0.39, 0.29) is 12.2 Å². The summed E-state index contributed by atoms with van der Waals surface area (Å²) in [6.45, 7) is 5.87. The molecule has 0 unspecified atom stereocenters. The van der Waals surface area contributed by atoms with Gasteiger partial charge in [-0.25, -0.2) is 0 Å². The fourth-order valence-corrected chi connectivity index (χ4v) is 1.92. The van der Waals surface area contributed by atoms with Gasteiger partial charge in [0.25, 0.3) is 5.56 Å². The molecule has 2 rings (SSSR count). The lowest BCUT2D eigenvalue weighted by molar-refractivity contribution is 0.279. The van der Waals surface area contributed by atoms with E-state index in [2.05, 4.69) is 18.9 Å². The molecule has 100 valence electrons. The van der Waals surface area contributed by atoms with E-state index in [1.165, 1.54) is 16.3 Å². The van der Waals surface area contributed by atoms with Gasteiger partial charge in [0.05, 0.1) is 18.0 Å². The van der Waals surface area contributed by atoms with Crippen molar-refractivity contribution in [3.63, 3.8) is 0 Å². The van der Waals surface area contributed by atoms with Crippen molar-refractivity contribution >= 4 is 0 Å². The van der Waals surface area contributed by atoms with Crippen molar-refractivity contribution in [2.45, 2.75) is 33.3 Å². The molecule has 0 saturated carbocycles. The largest absolute Gasteiger partial charge is 0.392 e. The molecule has 0 aliphatic rings. The average molecular weight is 258 g/mol. The van der Waals surface area contributed by atoms with E-state index in [9.17, 15) is 4.79 Å². The van der Waals surface area contributed by atoms with Gasteiger partial charge in [-0.1, -0.05) is 26.0 Å². The molecule has 4 heteroatoms. The number of nitrogens with zero attached hydrogens (tertiary/aromatic N) is 2. The predicted molar refractivity (Wildman–Crippen MR) is 74.6 cm³/mol. The van der Waals surface area contributed by atoms with Crippen LogP contribution in [0.5, 0.6) is 0 Å². The van der Waals surface area contributed by atoms with Crippen LogP contribution in [0.1, 0.15) is 36.6 Å². The highest BCUT2D eigenvalue weighted by Gasteiger charge is 2.07. The molecule has 4 nitrogen and oxygen atoms in total. The van der Waals surface area contributed by atoms with Gasteiger partial charge in [0.15, 0.2) is 0 Å². The van der Waals surface area contributed by atoms with E-state index in [0.29, 0.717) is 17.2 Å². The van der Waals surface area contributed by atoms with Crippen LogP contribution in [0.15, 0.2) is 35.1 Å². The molecule has 0 saturated heterocycles. The molecule has 1 aromatic heterocycles. The lowest BCUT2D eigenvalue weighted by atomic mass is 10.0. The lowest BCUT2D eigenvalue weighted by Crippen LogP contribution is -2.22. The smallest absolute Gasteiger partial charge is 0.271 e. The Balaban J connectivity index is 2.47. The SMILES string of the molecule is Cc1nn(-c2ccc(C(C)C)cc2)c(=O)cc1CO. The number of aliphatic hydroxyl groups excluding tert-OH is 1. The third-order valence-electron chi connectivity index (χ3n) is 3.20. The van der Waals surface area contributed by atoms with Crippen molar-refractivity contribution in [2.75, 3.05) is 0 Å². The van der Waals surface area contributed by atoms with Crippen LogP contribution in [0.2, 0.25) is 0 Å². The van der Waals surface area contributed by atoms with Crippen molar-refractivity contribution in [2.24, 2.45) is 0 Å². The Labute approximate surface area is 112 Å². The second-order valence-corrected chi connectivity index (χ2v) is 4.91. The van der Waals surface area contributed by atoms with Crippen LogP contribution in [-0.4, -0.2) is 14.9 Å². The third-order valence-corrected chi connectivity index (χ3v) is 3.20. The lowest BCUT2D eigenvalue weighted by Gasteiger charge is -2.10. The summed E-state index contributed by atoms with van der Waals surface area (Å²) >= 11 is 0. The summed E-state index contributed by atoms with van der Waals surface area (Å²) in [6.07, 6.45) is 0. The maximum atomic E-state index is 12.0. The highest BCUT2D eigenvalue weighted by atomic mass is 16.3. The zero-order chi connectivity index (χ0) is 14.0. The highest BCUT2D eigenvalue weighted by molar-refractivity contribution is 5.35. The van der Waals surface area contributed by atoms with E-state index in [1.807, 2.05) is 24.3 Å². The molecule has 1 heterocycles. The molecule has 0 radical (unpaired) electrons. The first kappa shape index (κ1) is 13.5. The third kappa shape index (κ3) is 2.74. The Kier molecular flexibility index (Phi) is 3.81. The number of rotatable bonds is 3. The van der Waals surface area contributed by atoms with Crippen molar-refractivity contribution in [3.05, 3.63) is 57.5 Å². The quantitative estimate of drug-likeness (QED) is 0.917. The minimum absolute atomic E-state index is 0.165. The summed E-state index contributed by atoms with van der Waals surface area (Å²) in [4.78, 5) is 12.0. The van der Waals surface area contributed by atoms with Gasteiger partial charge in [-0.2, -0.15) is 9.78 Å². The van der Waals surface area contributed by atoms with E-state index in [4.69, 9.17) is 5.11 Å². The molecule has 0 aliphatic carbocycles. The van der Waals surface area contributed by atoms with Crippen LogP contribution in [0.3, 0.4) is 0 Å². The van der Waals surface area contributed by atoms with E-state index in [0.717, 1.165) is 5.69 Å². The summed E-state index contributed by atoms with van der Waals surface area (Å²) in [5.74, 6) is 0.456. The van der Waals surface area contributed by atoms with Crippen molar-refractivity contribution in [1.29, 1.82) is 0 Å². The van der Waals surface area contributed by atoms with Crippen LogP contribution in [-0.2, 0) is 6.61 Å². The van der Waals surface area contributed by atoms with E-state index < -0.39 is 0 Å². The molecule has 0 fully saturated rings. The fraction of sp³-hybridized carbons (Fsp3) is 0.333. The van der Waals surface area contributed by atoms with E-state index in [1.54, 1.807) is 6.92 Å². The van der Waals surface area contributed by atoms with Gasteiger partial charge in [-0.05, 0) is 30.5 Å². The Bertz CT molecular complexity index is 628. The molecule has 19 heavy (non-hydrogen) atoms. The first-order valence-corrected chi connectivity index (χ1v) is 6.34. The molecule has 1 N–H and O–H groups in total. The second-order valence-electron chi connectivity index (χ2n) is 4.91. The molecule has 0 amide bonds. The first-order chi connectivity index (χ1) is 9.02. The Hall–Kier alpha value is -1.94. The minimum Gasteiger partial charge on any atom is -0.392 e. The molecule has 2 aromatic rings. The molecule has 0 aliphatic heterocycles. The van der Waals surface area contributed by atoms with Crippen molar-refractivity contribution in [3.8, 4) is 5.69 Å². The number of aliphatic hydroxyl groups is 1. The molecule has 0 spiro atoms. The number of aryl methyl sites for hydroxylation is 1. The van der Waals surface area contributed by atoms with Gasteiger partial charge in [0.2, 0.25) is 0 Å². The summed E-state index contributed by atoms with van der Waals surface area (Å²) in [5.41, 5.74) is 2.96. The summed E-state index contributed by atoms with van der Waals surface area (Å²) in [5, 5.41) is 13.3. The fourth-order valence-electron chi connectivity index (χ4n) is 1.92. The summed E-state index contributed by atoms with van der Waals surface area (Å²) in [6, 6.07) is 9.22. The Morgan fingerprint density at radius 3 is 2.42 bits per heavy atom. The second kappa shape index (κ2) is 5.36. The summed E-state index contributed by atoms with van der Waals surface area (Å²) in [7, 11) is 0. The van der Waals surface area contributed by atoms with Gasteiger partial charge in [0, 0.05) is 11.6 Å². The monoisotopic (exact) mass is 258 g/mol. The van der Waals surface area contributed by atoms with Crippen LogP contribution in [0.25, 0.3) is 5.69 Å². The van der Waals surface area contributed by atoms with Crippen molar-refractivity contribution in [1.82, 2.24) is 9.78 Å². The molecular formula is C15H18N2O2. The number of hydrogen-bond donors (Lipinski definition) is 1. The number of aromatic nitrogens is 2. The minimum atomic E-state index is -0.230. The highest BCUT2D eigenvalue weighted by Crippen LogP contribution is 2.16. The maximum Gasteiger partial charge on any atom is 0.271 e. The first-order valence-electron chi connectivity index (χ1n) is 6.34. The predicted octanol–water partition coefficient (Wildman–Crippen LogP) is 2.16. The molecular weight excluding hydrogens is 240 g/mol. The average Bonchev–Trinajstić information content (AvgIpc) is 2.41. The van der Waals surface area contributed by atoms with Gasteiger partial charge < -0.3 is 5.11 Å². The molecule has 1 aromatic carbocycles. The Morgan fingerprint density at radius 1 is 1.26 bits per heavy atom. The van der Waals surface area contributed by atoms with Crippen molar-refractivity contribution < 1.29 is 5.11 Å². The number of hydrogen-bond acceptors (Lipinski definition) is 3. The zero-order valence-corrected chi connectivity index (χ0v) is 11.4. The number of benzene rings is 1. The van der Waals surface area contributed by atoms with Crippen LogP contribution >= 0.6 is 0 Å². The normalized spacial score (nSPS) is 11.0. The van der Waals surface area contributed by atoms with E-state index >= 15 is 0 Å². The van der Waals surface area contributed by atoms with Crippen LogP contribution < -0.4 is 5.56 Å². The van der Waals surface area contributed by atoms with Crippen LogP contribution in [0.4, 0.5) is 0 Å². The molecule has 0 atom stereocenters. The van der Waals surface area contributed by atoms with Gasteiger partial charge in [-0.3, -0.25) is 4.79 Å². The zero-order valence-electron chi connectivity index (χ0n) is 11.4. The standard InChI is InChI=1S/C15H18N2O2/c1-10(2)12-4-6-14(7-5-12)17-15(19)8-13(9-18)11(3)16-17/h4-8,10,18H,9H2,1-3H3. The van der Waals surface area contributed by atoms with Gasteiger partial charge in [0.1, 0.15) is 0 Å². The van der Waals surface area contributed by atoms with Gasteiger partial charge in [-0.15, -0.1) is 0 Å². The maximum absolute atomic E-state index is 12.0. The van der Waals surface area contributed by atoms with Crippen LogP contribution in [0, 0.1) is 6.92 Å². The Morgan fingerprint density at radius 2 is 1.89 bits per heavy atom. The van der Waals surface area contributed by atoms with Gasteiger partial charge >= 0.3 is 0 Å². The summed E-state index contributed by atoms with van der Waals surface area (Å²) < 4.78 is 1.36.